The Morgan fingerprint density at radius 2 is 1.79 bits per heavy atom. The standard InChI is InChI=1S/C21H16ClNO4S/c1-2-11-27-17-9-3-14(4-10-17)12-19-20(25)23(21(26)28-19)13-18(24)15-5-7-16(22)8-6-15/h2-10,12H,1,11,13H2. The lowest BCUT2D eigenvalue weighted by Gasteiger charge is -2.11. The number of halogens is 1. The third kappa shape index (κ3) is 4.71. The fourth-order valence-electron chi connectivity index (χ4n) is 2.47. The molecule has 1 heterocycles. The first-order valence-electron chi connectivity index (χ1n) is 8.36. The van der Waals surface area contributed by atoms with Crippen LogP contribution >= 0.6 is 23.4 Å². The highest BCUT2D eigenvalue weighted by Gasteiger charge is 2.36. The molecule has 0 radical (unpaired) electrons. The number of hydrogen-bond donors (Lipinski definition) is 0. The van der Waals surface area contributed by atoms with Gasteiger partial charge >= 0.3 is 0 Å². The molecule has 1 aliphatic rings. The highest BCUT2D eigenvalue weighted by Crippen LogP contribution is 2.32. The van der Waals surface area contributed by atoms with Crippen LogP contribution in [-0.4, -0.2) is 35.0 Å². The Morgan fingerprint density at radius 1 is 1.11 bits per heavy atom. The smallest absolute Gasteiger partial charge is 0.293 e. The van der Waals surface area contributed by atoms with E-state index in [-0.39, 0.29) is 17.2 Å². The second kappa shape index (κ2) is 8.91. The zero-order valence-electron chi connectivity index (χ0n) is 14.8. The summed E-state index contributed by atoms with van der Waals surface area (Å²) in [5, 5.41) is 0.0380. The van der Waals surface area contributed by atoms with Crippen molar-refractivity contribution in [3.8, 4) is 5.75 Å². The summed E-state index contributed by atoms with van der Waals surface area (Å²) in [6.45, 7) is 3.68. The van der Waals surface area contributed by atoms with Crippen molar-refractivity contribution in [2.24, 2.45) is 0 Å². The van der Waals surface area contributed by atoms with E-state index in [2.05, 4.69) is 6.58 Å². The van der Waals surface area contributed by atoms with Gasteiger partial charge in [-0.25, -0.2) is 0 Å². The van der Waals surface area contributed by atoms with E-state index in [9.17, 15) is 14.4 Å². The second-order valence-corrected chi connectivity index (χ2v) is 7.30. The molecule has 1 aliphatic heterocycles. The van der Waals surface area contributed by atoms with Crippen LogP contribution in [0, 0.1) is 0 Å². The van der Waals surface area contributed by atoms with Crippen LogP contribution in [0.2, 0.25) is 5.02 Å². The molecule has 1 saturated heterocycles. The highest BCUT2D eigenvalue weighted by atomic mass is 35.5. The van der Waals surface area contributed by atoms with Crippen molar-refractivity contribution in [1.82, 2.24) is 4.90 Å². The van der Waals surface area contributed by atoms with Gasteiger partial charge in [-0.3, -0.25) is 19.3 Å². The van der Waals surface area contributed by atoms with Gasteiger partial charge in [-0.05, 0) is 59.8 Å². The van der Waals surface area contributed by atoms with Gasteiger partial charge in [-0.2, -0.15) is 0 Å². The molecular weight excluding hydrogens is 398 g/mol. The number of amides is 2. The molecule has 0 unspecified atom stereocenters. The number of benzene rings is 2. The van der Waals surface area contributed by atoms with E-state index in [0.29, 0.717) is 22.9 Å². The Labute approximate surface area is 171 Å². The van der Waals surface area contributed by atoms with Gasteiger partial charge in [-0.15, -0.1) is 0 Å². The van der Waals surface area contributed by atoms with Crippen LogP contribution in [0.3, 0.4) is 0 Å². The number of nitrogens with zero attached hydrogens (tertiary/aromatic N) is 1. The average molecular weight is 414 g/mol. The molecule has 7 heteroatoms. The van der Waals surface area contributed by atoms with Crippen molar-refractivity contribution in [3.63, 3.8) is 0 Å². The SMILES string of the molecule is C=CCOc1ccc(C=C2SC(=O)N(CC(=O)c3ccc(Cl)cc3)C2=O)cc1. The summed E-state index contributed by atoms with van der Waals surface area (Å²) in [5.41, 5.74) is 1.14. The molecule has 28 heavy (non-hydrogen) atoms. The third-order valence-corrected chi connectivity index (χ3v) is 5.05. The van der Waals surface area contributed by atoms with Crippen molar-refractivity contribution >= 4 is 46.4 Å². The molecule has 0 atom stereocenters. The van der Waals surface area contributed by atoms with Crippen molar-refractivity contribution in [2.75, 3.05) is 13.2 Å². The lowest BCUT2D eigenvalue weighted by atomic mass is 10.1. The molecule has 5 nitrogen and oxygen atoms in total. The Hall–Kier alpha value is -2.83. The minimum absolute atomic E-state index is 0.272. The molecule has 2 amide bonds. The van der Waals surface area contributed by atoms with Crippen LogP contribution in [0.1, 0.15) is 15.9 Å². The first-order valence-corrected chi connectivity index (χ1v) is 9.55. The van der Waals surface area contributed by atoms with Gasteiger partial charge in [0.2, 0.25) is 0 Å². The molecule has 1 fully saturated rings. The Balaban J connectivity index is 1.70. The zero-order chi connectivity index (χ0) is 20.1. The van der Waals surface area contributed by atoms with Crippen LogP contribution in [0.15, 0.2) is 66.1 Å². The highest BCUT2D eigenvalue weighted by molar-refractivity contribution is 8.18. The zero-order valence-corrected chi connectivity index (χ0v) is 16.3. The number of imide groups is 1. The molecule has 2 aromatic carbocycles. The quantitative estimate of drug-likeness (QED) is 0.370. The third-order valence-electron chi connectivity index (χ3n) is 3.89. The van der Waals surface area contributed by atoms with Gasteiger partial charge in [0.15, 0.2) is 5.78 Å². The van der Waals surface area contributed by atoms with E-state index in [4.69, 9.17) is 16.3 Å². The van der Waals surface area contributed by atoms with Crippen molar-refractivity contribution in [1.29, 1.82) is 0 Å². The number of carbonyl (C=O) groups is 3. The molecule has 0 saturated carbocycles. The number of carbonyl (C=O) groups excluding carboxylic acids is 3. The summed E-state index contributed by atoms with van der Waals surface area (Å²) >= 11 is 6.63. The van der Waals surface area contributed by atoms with Crippen molar-refractivity contribution < 1.29 is 19.1 Å². The normalized spacial score (nSPS) is 15.2. The van der Waals surface area contributed by atoms with Crippen LogP contribution in [0.4, 0.5) is 4.79 Å². The van der Waals surface area contributed by atoms with E-state index in [0.717, 1.165) is 22.2 Å². The molecule has 0 aliphatic carbocycles. The number of ketones is 1. The Morgan fingerprint density at radius 3 is 2.43 bits per heavy atom. The van der Waals surface area contributed by atoms with Gasteiger partial charge in [0.25, 0.3) is 11.1 Å². The number of rotatable bonds is 7. The van der Waals surface area contributed by atoms with E-state index in [1.807, 2.05) is 0 Å². The van der Waals surface area contributed by atoms with Crippen LogP contribution in [0.5, 0.6) is 5.75 Å². The maximum absolute atomic E-state index is 12.6. The summed E-state index contributed by atoms with van der Waals surface area (Å²) in [5.74, 6) is -0.132. The van der Waals surface area contributed by atoms with Crippen molar-refractivity contribution in [2.45, 2.75) is 0 Å². The van der Waals surface area contributed by atoms with Crippen LogP contribution in [0.25, 0.3) is 6.08 Å². The first-order chi connectivity index (χ1) is 13.5. The first kappa shape index (κ1) is 19.9. The minimum Gasteiger partial charge on any atom is -0.490 e. The van der Waals surface area contributed by atoms with Crippen LogP contribution in [-0.2, 0) is 4.79 Å². The number of thioether (sulfide) groups is 1. The van der Waals surface area contributed by atoms with Gasteiger partial charge in [0, 0.05) is 10.6 Å². The molecule has 2 aromatic rings. The minimum atomic E-state index is -0.482. The topological polar surface area (TPSA) is 63.7 Å². The predicted octanol–water partition coefficient (Wildman–Crippen LogP) is 4.82. The van der Waals surface area contributed by atoms with Gasteiger partial charge in [0.05, 0.1) is 11.4 Å². The summed E-state index contributed by atoms with van der Waals surface area (Å²) in [7, 11) is 0. The lowest BCUT2D eigenvalue weighted by Crippen LogP contribution is -2.33. The summed E-state index contributed by atoms with van der Waals surface area (Å²) in [6.07, 6.45) is 3.27. The predicted molar refractivity (Wildman–Crippen MR) is 111 cm³/mol. The Kier molecular flexibility index (Phi) is 6.34. The lowest BCUT2D eigenvalue weighted by molar-refractivity contribution is -0.122. The van der Waals surface area contributed by atoms with Gasteiger partial charge < -0.3 is 4.74 Å². The second-order valence-electron chi connectivity index (χ2n) is 5.87. The largest absolute Gasteiger partial charge is 0.490 e. The van der Waals surface area contributed by atoms with E-state index < -0.39 is 11.1 Å². The monoisotopic (exact) mass is 413 g/mol. The average Bonchev–Trinajstić information content (AvgIpc) is 2.95. The molecule has 142 valence electrons. The maximum atomic E-state index is 12.6. The van der Waals surface area contributed by atoms with Crippen LogP contribution < -0.4 is 4.74 Å². The summed E-state index contributed by atoms with van der Waals surface area (Å²) in [4.78, 5) is 38.3. The number of hydrogen-bond acceptors (Lipinski definition) is 5. The fraction of sp³-hybridized carbons (Fsp3) is 0.0952. The summed E-state index contributed by atoms with van der Waals surface area (Å²) in [6, 6.07) is 13.4. The molecular formula is C21H16ClNO4S. The number of ether oxygens (including phenoxy) is 1. The molecule has 0 aromatic heterocycles. The molecule has 0 spiro atoms. The number of Topliss-reactive ketones (excluding diaryl/α,β-unsaturated/α-hetero) is 1. The van der Waals surface area contributed by atoms with Crippen molar-refractivity contribution in [3.05, 3.63) is 82.2 Å². The summed E-state index contributed by atoms with van der Waals surface area (Å²) < 4.78 is 5.41. The molecule has 3 rings (SSSR count). The van der Waals surface area contributed by atoms with E-state index in [1.54, 1.807) is 60.7 Å². The van der Waals surface area contributed by atoms with Gasteiger partial charge in [0.1, 0.15) is 12.4 Å². The van der Waals surface area contributed by atoms with E-state index >= 15 is 0 Å². The maximum Gasteiger partial charge on any atom is 0.293 e. The Bertz CT molecular complexity index is 951. The molecule has 0 bridgehead atoms. The van der Waals surface area contributed by atoms with Gasteiger partial charge in [-0.1, -0.05) is 36.4 Å². The molecule has 0 N–H and O–H groups in total. The van der Waals surface area contributed by atoms with E-state index in [1.165, 1.54) is 0 Å². The fourth-order valence-corrected chi connectivity index (χ4v) is 3.44.